The molecule has 11 heteroatoms. The van der Waals surface area contributed by atoms with E-state index in [1.807, 2.05) is 0 Å². The normalized spacial score (nSPS) is 15.7. The Bertz CT molecular complexity index is 1270. The van der Waals surface area contributed by atoms with Gasteiger partial charge in [0.05, 0.1) is 18.0 Å². The fourth-order valence-electron chi connectivity index (χ4n) is 3.43. The minimum atomic E-state index is -4.83. The second-order valence-electron chi connectivity index (χ2n) is 7.41. The maximum absolute atomic E-state index is 13.2. The highest BCUT2D eigenvalue weighted by Crippen LogP contribution is 2.36. The Kier molecular flexibility index (Phi) is 6.38. The molecule has 1 heterocycles. The summed E-state index contributed by atoms with van der Waals surface area (Å²) in [6.07, 6.45) is -6.02. The Morgan fingerprint density at radius 2 is 1.65 bits per heavy atom. The Morgan fingerprint density at radius 1 is 1.00 bits per heavy atom. The largest absolute Gasteiger partial charge is 0.573 e. The van der Waals surface area contributed by atoms with Crippen molar-refractivity contribution in [2.45, 2.75) is 18.2 Å². The first-order valence-corrected chi connectivity index (χ1v) is 11.7. The van der Waals surface area contributed by atoms with E-state index in [4.69, 9.17) is 4.74 Å². The summed E-state index contributed by atoms with van der Waals surface area (Å²) >= 11 is 0. The van der Waals surface area contributed by atoms with Crippen molar-refractivity contribution in [2.24, 2.45) is 0 Å². The van der Waals surface area contributed by atoms with Crippen molar-refractivity contribution in [3.05, 3.63) is 84.4 Å². The SMILES string of the molecule is O=C(Nc1ccc(OC(F)(F)F)cc1)[C@H]1CN(S(=O)(=O)Cc2ccccc2)c2ccccc2O1. The maximum atomic E-state index is 13.2. The van der Waals surface area contributed by atoms with E-state index >= 15 is 0 Å². The number of hydrogen-bond donors (Lipinski definition) is 1. The molecular weight excluding hydrogens is 473 g/mol. The summed E-state index contributed by atoms with van der Waals surface area (Å²) in [5, 5.41) is 2.53. The summed E-state index contributed by atoms with van der Waals surface area (Å²) in [6, 6.07) is 19.7. The molecule has 3 aromatic rings. The molecule has 0 saturated carbocycles. The Morgan fingerprint density at radius 3 is 2.32 bits per heavy atom. The van der Waals surface area contributed by atoms with Crippen molar-refractivity contribution in [1.29, 1.82) is 0 Å². The topological polar surface area (TPSA) is 84.9 Å². The van der Waals surface area contributed by atoms with E-state index in [9.17, 15) is 26.4 Å². The third-order valence-corrected chi connectivity index (χ3v) is 6.63. The van der Waals surface area contributed by atoms with Crippen molar-refractivity contribution < 1.29 is 35.9 Å². The molecule has 0 unspecified atom stereocenters. The van der Waals surface area contributed by atoms with Gasteiger partial charge in [0.2, 0.25) is 10.0 Å². The third-order valence-electron chi connectivity index (χ3n) is 4.91. The van der Waals surface area contributed by atoms with E-state index in [1.165, 1.54) is 12.1 Å². The van der Waals surface area contributed by atoms with Gasteiger partial charge in [0, 0.05) is 5.69 Å². The highest BCUT2D eigenvalue weighted by Gasteiger charge is 2.37. The molecule has 0 fully saturated rings. The lowest BCUT2D eigenvalue weighted by Gasteiger charge is -2.34. The first-order chi connectivity index (χ1) is 16.1. The molecule has 0 saturated heterocycles. The van der Waals surface area contributed by atoms with E-state index in [0.717, 1.165) is 16.4 Å². The number of fused-ring (bicyclic) bond motifs is 1. The number of amides is 1. The Labute approximate surface area is 193 Å². The number of carbonyl (C=O) groups excluding carboxylic acids is 1. The second-order valence-corrected chi connectivity index (χ2v) is 9.30. The van der Waals surface area contributed by atoms with Crippen LogP contribution in [-0.2, 0) is 20.6 Å². The number of ether oxygens (including phenoxy) is 2. The zero-order chi connectivity index (χ0) is 24.3. The van der Waals surface area contributed by atoms with Crippen molar-refractivity contribution in [3.63, 3.8) is 0 Å². The minimum absolute atomic E-state index is 0.195. The second kappa shape index (κ2) is 9.26. The van der Waals surface area contributed by atoms with Crippen LogP contribution in [0, 0.1) is 0 Å². The molecule has 7 nitrogen and oxygen atoms in total. The average Bonchev–Trinajstić information content (AvgIpc) is 2.79. The Balaban J connectivity index is 1.53. The molecular formula is C23H19F3N2O5S. The van der Waals surface area contributed by atoms with Crippen LogP contribution in [0.3, 0.4) is 0 Å². The predicted molar refractivity (Wildman–Crippen MR) is 119 cm³/mol. The van der Waals surface area contributed by atoms with Crippen LogP contribution >= 0.6 is 0 Å². The molecule has 4 rings (SSSR count). The van der Waals surface area contributed by atoms with Gasteiger partial charge in [-0.2, -0.15) is 0 Å². The van der Waals surface area contributed by atoms with Gasteiger partial charge < -0.3 is 14.8 Å². The van der Waals surface area contributed by atoms with Gasteiger partial charge in [-0.3, -0.25) is 9.10 Å². The fourth-order valence-corrected chi connectivity index (χ4v) is 5.01. The van der Waals surface area contributed by atoms with E-state index in [2.05, 4.69) is 10.1 Å². The highest BCUT2D eigenvalue weighted by atomic mass is 32.2. The van der Waals surface area contributed by atoms with Crippen LogP contribution in [0.4, 0.5) is 24.5 Å². The van der Waals surface area contributed by atoms with Gasteiger partial charge in [0.15, 0.2) is 6.10 Å². The summed E-state index contributed by atoms with van der Waals surface area (Å²) in [6.45, 7) is -0.271. The smallest absolute Gasteiger partial charge is 0.476 e. The Hall–Kier alpha value is -3.73. The molecule has 178 valence electrons. The molecule has 1 aliphatic heterocycles. The highest BCUT2D eigenvalue weighted by molar-refractivity contribution is 7.92. The van der Waals surface area contributed by atoms with Crippen LogP contribution in [0.15, 0.2) is 78.9 Å². The van der Waals surface area contributed by atoms with Crippen LogP contribution in [-0.4, -0.2) is 33.3 Å². The van der Waals surface area contributed by atoms with Gasteiger partial charge in [-0.15, -0.1) is 13.2 Å². The summed E-state index contributed by atoms with van der Waals surface area (Å²) in [7, 11) is -3.86. The molecule has 3 aromatic carbocycles. The predicted octanol–water partition coefficient (Wildman–Crippen LogP) is 4.32. The zero-order valence-corrected chi connectivity index (χ0v) is 18.3. The summed E-state index contributed by atoms with van der Waals surface area (Å²) in [5.41, 5.74) is 1.10. The number of para-hydroxylation sites is 2. The lowest BCUT2D eigenvalue weighted by atomic mass is 10.2. The van der Waals surface area contributed by atoms with Crippen LogP contribution in [0.25, 0.3) is 0 Å². The number of anilines is 2. The molecule has 0 radical (unpaired) electrons. The monoisotopic (exact) mass is 492 g/mol. The number of benzene rings is 3. The first-order valence-electron chi connectivity index (χ1n) is 10.1. The number of carbonyl (C=O) groups is 1. The molecule has 0 aliphatic carbocycles. The maximum Gasteiger partial charge on any atom is 0.573 e. The van der Waals surface area contributed by atoms with Gasteiger partial charge in [-0.05, 0) is 42.0 Å². The van der Waals surface area contributed by atoms with Gasteiger partial charge in [0.1, 0.15) is 11.5 Å². The van der Waals surface area contributed by atoms with E-state index in [-0.39, 0.29) is 23.7 Å². The van der Waals surface area contributed by atoms with Gasteiger partial charge >= 0.3 is 6.36 Å². The molecule has 1 amide bonds. The van der Waals surface area contributed by atoms with Crippen molar-refractivity contribution in [2.75, 3.05) is 16.2 Å². The number of halogens is 3. The van der Waals surface area contributed by atoms with Crippen LogP contribution in [0.1, 0.15) is 5.56 Å². The quantitative estimate of drug-likeness (QED) is 0.554. The molecule has 0 spiro atoms. The molecule has 34 heavy (non-hydrogen) atoms. The number of alkyl halides is 3. The molecule has 0 bridgehead atoms. The van der Waals surface area contributed by atoms with Crippen LogP contribution < -0.4 is 19.1 Å². The number of nitrogens with zero attached hydrogens (tertiary/aromatic N) is 1. The van der Waals surface area contributed by atoms with E-state index in [0.29, 0.717) is 11.3 Å². The summed E-state index contributed by atoms with van der Waals surface area (Å²) in [4.78, 5) is 12.9. The molecule has 1 aliphatic rings. The van der Waals surface area contributed by atoms with Crippen molar-refractivity contribution in [3.8, 4) is 11.5 Å². The van der Waals surface area contributed by atoms with Crippen molar-refractivity contribution in [1.82, 2.24) is 0 Å². The summed E-state index contributed by atoms with van der Waals surface area (Å²) < 4.78 is 74.1. The van der Waals surface area contributed by atoms with E-state index < -0.39 is 34.1 Å². The lowest BCUT2D eigenvalue weighted by Crippen LogP contribution is -2.49. The average molecular weight is 492 g/mol. The zero-order valence-electron chi connectivity index (χ0n) is 17.5. The molecule has 1 N–H and O–H groups in total. The van der Waals surface area contributed by atoms with Crippen molar-refractivity contribution >= 4 is 27.3 Å². The number of hydrogen-bond acceptors (Lipinski definition) is 5. The van der Waals surface area contributed by atoms with Crippen LogP contribution in [0.2, 0.25) is 0 Å². The lowest BCUT2D eigenvalue weighted by molar-refractivity contribution is -0.274. The van der Waals surface area contributed by atoms with Gasteiger partial charge in [-0.25, -0.2) is 8.42 Å². The number of rotatable bonds is 6. The molecule has 1 atom stereocenters. The fraction of sp³-hybridized carbons (Fsp3) is 0.174. The first kappa shape index (κ1) is 23.4. The van der Waals surface area contributed by atoms with E-state index in [1.54, 1.807) is 54.6 Å². The number of sulfonamides is 1. The number of nitrogens with one attached hydrogen (secondary N) is 1. The van der Waals surface area contributed by atoms with Gasteiger partial charge in [0.25, 0.3) is 5.91 Å². The van der Waals surface area contributed by atoms with Crippen LogP contribution in [0.5, 0.6) is 11.5 Å². The molecule has 0 aromatic heterocycles. The minimum Gasteiger partial charge on any atom is -0.476 e. The third kappa shape index (κ3) is 5.60. The summed E-state index contributed by atoms with van der Waals surface area (Å²) in [5.74, 6) is -1.14. The standard InChI is InChI=1S/C23H19F3N2O5S/c24-23(25,26)33-18-12-10-17(11-13-18)27-22(29)21-14-28(19-8-4-5-9-20(19)32-21)34(30,31)15-16-6-2-1-3-7-16/h1-13,21H,14-15H2,(H,27,29)/t21-/m1/s1. The van der Waals surface area contributed by atoms with Gasteiger partial charge in [-0.1, -0.05) is 42.5 Å².